The van der Waals surface area contributed by atoms with Crippen LogP contribution in [0.15, 0.2) is 47.6 Å². The third-order valence-electron chi connectivity index (χ3n) is 3.89. The van der Waals surface area contributed by atoms with Gasteiger partial charge in [-0.3, -0.25) is 19.6 Å². The average molecular weight is 414 g/mol. The number of rotatable bonds is 7. The first-order valence-corrected chi connectivity index (χ1v) is 9.99. The Hall–Kier alpha value is -3.07. The number of amides is 1. The van der Waals surface area contributed by atoms with Crippen LogP contribution in [-0.2, 0) is 11.3 Å². The van der Waals surface area contributed by atoms with Crippen molar-refractivity contribution in [1.29, 1.82) is 0 Å². The van der Waals surface area contributed by atoms with Crippen LogP contribution in [0.4, 0.5) is 5.69 Å². The highest BCUT2D eigenvalue weighted by Gasteiger charge is 2.27. The molecule has 2 aromatic rings. The maximum atomic E-state index is 12.7. The summed E-state index contributed by atoms with van der Waals surface area (Å²) in [6, 6.07) is 10.8. The quantitative estimate of drug-likeness (QED) is 0.638. The number of benzene rings is 1. The lowest BCUT2D eigenvalue weighted by atomic mass is 10.1. The minimum Gasteiger partial charge on any atom is -0.491 e. The third-order valence-corrected chi connectivity index (χ3v) is 4.98. The average Bonchev–Trinajstić information content (AvgIpc) is 3.15. The Bertz CT molecular complexity index is 918. The molecule has 2 heterocycles. The number of amidine groups is 1. The van der Waals surface area contributed by atoms with Crippen LogP contribution in [0.5, 0.6) is 5.75 Å². The van der Waals surface area contributed by atoms with E-state index >= 15 is 0 Å². The van der Waals surface area contributed by atoms with Gasteiger partial charge in [-0.1, -0.05) is 17.8 Å². The lowest BCUT2D eigenvalue weighted by Crippen LogP contribution is -2.28. The number of aromatic nitrogens is 1. The first kappa shape index (κ1) is 20.7. The molecule has 29 heavy (non-hydrogen) atoms. The summed E-state index contributed by atoms with van der Waals surface area (Å²) in [4.78, 5) is 32.1. The van der Waals surface area contributed by atoms with Crippen LogP contribution in [-0.4, -0.2) is 45.0 Å². The zero-order valence-electron chi connectivity index (χ0n) is 16.1. The van der Waals surface area contributed by atoms with Crippen molar-refractivity contribution in [3.63, 3.8) is 0 Å². The van der Waals surface area contributed by atoms with E-state index in [2.05, 4.69) is 20.6 Å². The van der Waals surface area contributed by atoms with Gasteiger partial charge in [0.2, 0.25) is 0 Å². The number of aliphatic imine (C=N–C) groups is 1. The molecule has 0 fully saturated rings. The number of carbonyl (C=O) groups is 2. The predicted octanol–water partition coefficient (Wildman–Crippen LogP) is 2.77. The van der Waals surface area contributed by atoms with E-state index in [0.29, 0.717) is 28.7 Å². The number of aliphatic carboxylic acids is 1. The van der Waals surface area contributed by atoms with Gasteiger partial charge in [0.15, 0.2) is 5.17 Å². The molecule has 0 spiro atoms. The summed E-state index contributed by atoms with van der Waals surface area (Å²) in [5, 5.41) is 14.6. The van der Waals surface area contributed by atoms with E-state index in [-0.39, 0.29) is 18.6 Å². The van der Waals surface area contributed by atoms with Gasteiger partial charge in [0.25, 0.3) is 5.91 Å². The summed E-state index contributed by atoms with van der Waals surface area (Å²) >= 11 is 1.03. The normalized spacial score (nSPS) is 15.7. The van der Waals surface area contributed by atoms with Gasteiger partial charge in [0.05, 0.1) is 24.9 Å². The highest BCUT2D eigenvalue weighted by atomic mass is 32.2. The molecule has 1 aromatic heterocycles. The first-order valence-electron chi connectivity index (χ1n) is 9.11. The Morgan fingerprint density at radius 3 is 2.79 bits per heavy atom. The van der Waals surface area contributed by atoms with E-state index in [4.69, 9.17) is 9.84 Å². The number of pyridine rings is 1. The Kier molecular flexibility index (Phi) is 6.71. The maximum absolute atomic E-state index is 12.7. The summed E-state index contributed by atoms with van der Waals surface area (Å²) in [7, 11) is 0. The minimum absolute atomic E-state index is 0.0527. The molecule has 0 radical (unpaired) electrons. The second-order valence-corrected chi connectivity index (χ2v) is 7.82. The Balaban J connectivity index is 1.74. The number of ether oxygens (including phenoxy) is 1. The molecule has 0 bridgehead atoms. The van der Waals surface area contributed by atoms with E-state index in [1.165, 1.54) is 0 Å². The van der Waals surface area contributed by atoms with Gasteiger partial charge < -0.3 is 20.5 Å². The number of carboxylic acids is 1. The third kappa shape index (κ3) is 5.95. The molecule has 1 atom stereocenters. The Morgan fingerprint density at radius 2 is 2.14 bits per heavy atom. The van der Waals surface area contributed by atoms with Gasteiger partial charge in [-0.2, -0.15) is 0 Å². The molecule has 1 unspecified atom stereocenters. The highest BCUT2D eigenvalue weighted by molar-refractivity contribution is 8.15. The number of nitrogens with zero attached hydrogens (tertiary/aromatic N) is 2. The topological polar surface area (TPSA) is 113 Å². The molecule has 9 heteroatoms. The summed E-state index contributed by atoms with van der Waals surface area (Å²) in [6.07, 6.45) is 1.67. The van der Waals surface area contributed by atoms with Crippen LogP contribution in [0.3, 0.4) is 0 Å². The molecular formula is C20H22N4O4S. The molecule has 1 aromatic carbocycles. The molecule has 1 aliphatic heterocycles. The molecule has 0 aliphatic carbocycles. The standard InChI is InChI=1S/C20H22N4O4S/c1-12(2)28-16-8-13(18(25)24-20-23-11-17(29-20)19(26)27)7-15(9-16)22-10-14-5-3-4-6-21-14/h3-9,12,17,22H,10-11H2,1-2H3,(H,26,27)(H,23,24,25). The Labute approximate surface area is 172 Å². The van der Waals surface area contributed by atoms with E-state index in [1.807, 2.05) is 38.1 Å². The van der Waals surface area contributed by atoms with E-state index < -0.39 is 11.2 Å². The smallest absolute Gasteiger partial charge is 0.319 e. The monoisotopic (exact) mass is 414 g/mol. The lowest BCUT2D eigenvalue weighted by molar-refractivity contribution is -0.136. The van der Waals surface area contributed by atoms with Crippen LogP contribution >= 0.6 is 11.8 Å². The van der Waals surface area contributed by atoms with E-state index in [0.717, 1.165) is 17.5 Å². The van der Waals surface area contributed by atoms with Crippen LogP contribution in [0, 0.1) is 0 Å². The largest absolute Gasteiger partial charge is 0.491 e. The van der Waals surface area contributed by atoms with Crippen molar-refractivity contribution in [1.82, 2.24) is 10.3 Å². The number of nitrogens with one attached hydrogen (secondary N) is 2. The van der Waals surface area contributed by atoms with Crippen molar-refractivity contribution in [2.45, 2.75) is 31.7 Å². The van der Waals surface area contributed by atoms with Crippen molar-refractivity contribution in [3.8, 4) is 5.75 Å². The second-order valence-electron chi connectivity index (χ2n) is 6.63. The van der Waals surface area contributed by atoms with Gasteiger partial charge in [-0.15, -0.1) is 0 Å². The van der Waals surface area contributed by atoms with E-state index in [9.17, 15) is 9.59 Å². The zero-order valence-corrected chi connectivity index (χ0v) is 16.9. The fourth-order valence-electron chi connectivity index (χ4n) is 2.61. The molecule has 1 amide bonds. The lowest BCUT2D eigenvalue weighted by Gasteiger charge is -2.14. The van der Waals surface area contributed by atoms with Gasteiger partial charge in [-0.25, -0.2) is 0 Å². The van der Waals surface area contributed by atoms with E-state index in [1.54, 1.807) is 18.3 Å². The van der Waals surface area contributed by atoms with Gasteiger partial charge in [0.1, 0.15) is 11.0 Å². The summed E-state index contributed by atoms with van der Waals surface area (Å²) in [6.45, 7) is 4.45. The van der Waals surface area contributed by atoms with Crippen LogP contribution < -0.4 is 15.4 Å². The highest BCUT2D eigenvalue weighted by Crippen LogP contribution is 2.24. The molecule has 8 nitrogen and oxygen atoms in total. The fourth-order valence-corrected chi connectivity index (χ4v) is 3.43. The first-order chi connectivity index (χ1) is 13.9. The number of anilines is 1. The maximum Gasteiger partial charge on any atom is 0.319 e. The second kappa shape index (κ2) is 9.42. The van der Waals surface area contributed by atoms with Crippen LogP contribution in [0.1, 0.15) is 29.9 Å². The SMILES string of the molecule is CC(C)Oc1cc(NCc2ccccn2)cc(C(=O)NC2=NCC(C(=O)O)S2)c1. The molecule has 152 valence electrons. The van der Waals surface area contributed by atoms with Crippen molar-refractivity contribution < 1.29 is 19.4 Å². The molecule has 3 rings (SSSR count). The predicted molar refractivity (Wildman–Crippen MR) is 113 cm³/mol. The fraction of sp³-hybridized carbons (Fsp3) is 0.300. The summed E-state index contributed by atoms with van der Waals surface area (Å²) in [5.41, 5.74) is 1.96. The van der Waals surface area contributed by atoms with Crippen LogP contribution in [0.2, 0.25) is 0 Å². The molecule has 0 saturated heterocycles. The number of hydrogen-bond donors (Lipinski definition) is 3. The number of hydrogen-bond acceptors (Lipinski definition) is 7. The van der Waals surface area contributed by atoms with Crippen LogP contribution in [0.25, 0.3) is 0 Å². The number of carboxylic acid groups (broad SMARTS) is 1. The van der Waals surface area contributed by atoms with Crippen molar-refractivity contribution in [2.24, 2.45) is 4.99 Å². The summed E-state index contributed by atoms with van der Waals surface area (Å²) in [5.74, 6) is -0.769. The molecule has 3 N–H and O–H groups in total. The molecule has 1 aliphatic rings. The number of thioether (sulfide) groups is 1. The van der Waals surface area contributed by atoms with Crippen molar-refractivity contribution >= 4 is 34.5 Å². The van der Waals surface area contributed by atoms with Crippen molar-refractivity contribution in [2.75, 3.05) is 11.9 Å². The zero-order chi connectivity index (χ0) is 20.8. The van der Waals surface area contributed by atoms with Crippen molar-refractivity contribution in [3.05, 3.63) is 53.9 Å². The summed E-state index contributed by atoms with van der Waals surface area (Å²) < 4.78 is 5.77. The van der Waals surface area contributed by atoms with Gasteiger partial charge in [0, 0.05) is 23.5 Å². The van der Waals surface area contributed by atoms with Gasteiger partial charge >= 0.3 is 5.97 Å². The molecular weight excluding hydrogens is 392 g/mol. The van der Waals surface area contributed by atoms with Gasteiger partial charge in [-0.05, 0) is 38.1 Å². The number of carbonyl (C=O) groups excluding carboxylic acids is 1. The minimum atomic E-state index is -0.948. The Morgan fingerprint density at radius 1 is 1.31 bits per heavy atom. The molecule has 0 saturated carbocycles.